The van der Waals surface area contributed by atoms with E-state index < -0.39 is 17.3 Å². The van der Waals surface area contributed by atoms with Gasteiger partial charge in [-0.3, -0.25) is 5.32 Å². The maximum atomic E-state index is 11.7. The molecule has 2 rings (SSSR count). The number of hydrogen-bond donors (Lipinski definition) is 2. The minimum atomic E-state index is -0.829. The van der Waals surface area contributed by atoms with Crippen molar-refractivity contribution in [1.82, 2.24) is 9.88 Å². The third-order valence-corrected chi connectivity index (χ3v) is 3.74. The summed E-state index contributed by atoms with van der Waals surface area (Å²) in [6.07, 6.45) is 2.46. The molecule has 1 aromatic heterocycles. The van der Waals surface area contributed by atoms with Gasteiger partial charge in [-0.15, -0.1) is 0 Å². The van der Waals surface area contributed by atoms with E-state index in [0.717, 1.165) is 18.7 Å². The Bertz CT molecular complexity index is 515. The first kappa shape index (κ1) is 19.4. The van der Waals surface area contributed by atoms with Crippen LogP contribution in [0, 0.1) is 0 Å². The van der Waals surface area contributed by atoms with Gasteiger partial charge in [0.05, 0.1) is 5.60 Å². The van der Waals surface area contributed by atoms with E-state index in [1.807, 2.05) is 13.1 Å². The topological polar surface area (TPSA) is 74.7 Å². The lowest BCUT2D eigenvalue weighted by Crippen LogP contribution is -2.40. The molecule has 0 radical (unpaired) electrons. The number of amides is 1. The second-order valence-corrected chi connectivity index (χ2v) is 6.89. The molecule has 1 aliphatic heterocycles. The third-order valence-electron chi connectivity index (χ3n) is 3.74. The predicted octanol–water partition coefficient (Wildman–Crippen LogP) is 2.98. The fourth-order valence-electron chi connectivity index (χ4n) is 2.43. The zero-order valence-corrected chi connectivity index (χ0v) is 13.7. The molecule has 1 saturated heterocycles. The van der Waals surface area contributed by atoms with Crippen LogP contribution in [0.25, 0.3) is 0 Å². The van der Waals surface area contributed by atoms with Crippen LogP contribution in [-0.2, 0) is 10.3 Å². The second kappa shape index (κ2) is 7.27. The Labute approximate surface area is 138 Å². The second-order valence-electron chi connectivity index (χ2n) is 6.89. The number of anilines is 1. The Morgan fingerprint density at radius 2 is 1.96 bits per heavy atom. The third kappa shape index (κ3) is 5.48. The highest BCUT2D eigenvalue weighted by atomic mass is 16.6. The maximum absolute atomic E-state index is 11.7. The molecule has 0 atom stereocenters. The van der Waals surface area contributed by atoms with Crippen LogP contribution in [0.2, 0.25) is 0 Å². The Balaban J connectivity index is 0.00000264. The molecule has 1 aromatic rings. The zero-order valence-electron chi connectivity index (χ0n) is 13.7. The summed E-state index contributed by atoms with van der Waals surface area (Å²) in [5.74, 6) is 0.412. The van der Waals surface area contributed by atoms with Gasteiger partial charge in [0.15, 0.2) is 0 Å². The van der Waals surface area contributed by atoms with Gasteiger partial charge in [-0.1, -0.05) is 13.5 Å². The van der Waals surface area contributed by atoms with Crippen LogP contribution in [0.3, 0.4) is 0 Å². The van der Waals surface area contributed by atoms with Gasteiger partial charge < -0.3 is 14.7 Å². The van der Waals surface area contributed by atoms with Crippen LogP contribution < -0.4 is 5.32 Å². The summed E-state index contributed by atoms with van der Waals surface area (Å²) in [6, 6.07) is 3.50. The maximum Gasteiger partial charge on any atom is 0.413 e. The minimum absolute atomic E-state index is 0. The first-order valence-electron chi connectivity index (χ1n) is 7.55. The summed E-state index contributed by atoms with van der Waals surface area (Å²) in [5, 5.41) is 13.3. The van der Waals surface area contributed by atoms with Gasteiger partial charge in [0, 0.05) is 24.8 Å². The van der Waals surface area contributed by atoms with E-state index in [0.29, 0.717) is 18.7 Å². The number of nitrogens with one attached hydrogen (secondary N) is 1. The monoisotopic (exact) mass is 323 g/mol. The van der Waals surface area contributed by atoms with E-state index in [4.69, 9.17) is 4.74 Å². The predicted molar refractivity (Wildman–Crippen MR) is 91.5 cm³/mol. The number of piperidine rings is 1. The Hall–Kier alpha value is -1.66. The van der Waals surface area contributed by atoms with Gasteiger partial charge in [0.2, 0.25) is 0 Å². The van der Waals surface area contributed by atoms with Crippen molar-refractivity contribution in [3.05, 3.63) is 23.9 Å². The van der Waals surface area contributed by atoms with Crippen LogP contribution in [0.4, 0.5) is 10.6 Å². The Morgan fingerprint density at radius 1 is 1.35 bits per heavy atom. The molecular weight excluding hydrogens is 294 g/mol. The molecule has 0 aliphatic carbocycles. The fraction of sp³-hybridized carbons (Fsp3) is 0.647. The summed E-state index contributed by atoms with van der Waals surface area (Å²) >= 11 is 0. The highest BCUT2D eigenvalue weighted by molar-refractivity contribution is 5.83. The average Bonchev–Trinajstić information content (AvgIpc) is 2.41. The number of carbonyl (C=O) groups is 1. The van der Waals surface area contributed by atoms with Crippen molar-refractivity contribution in [3.63, 3.8) is 0 Å². The van der Waals surface area contributed by atoms with Crippen molar-refractivity contribution < 1.29 is 14.6 Å². The van der Waals surface area contributed by atoms with Crippen molar-refractivity contribution in [3.8, 4) is 0 Å². The molecule has 23 heavy (non-hydrogen) atoms. The van der Waals surface area contributed by atoms with Crippen LogP contribution in [-0.4, -0.2) is 46.8 Å². The molecule has 0 bridgehead atoms. The molecule has 2 heterocycles. The van der Waals surface area contributed by atoms with Crippen LogP contribution in [0.5, 0.6) is 0 Å². The summed E-state index contributed by atoms with van der Waals surface area (Å²) in [5.41, 5.74) is -0.590. The van der Waals surface area contributed by atoms with Crippen LogP contribution in [0.15, 0.2) is 18.3 Å². The van der Waals surface area contributed by atoms with Gasteiger partial charge in [-0.05, 0) is 46.7 Å². The van der Waals surface area contributed by atoms with Gasteiger partial charge in [-0.2, -0.15) is 0 Å². The lowest BCUT2D eigenvalue weighted by molar-refractivity contribution is -0.0205. The number of carbonyl (C=O) groups excluding carboxylic acids is 1. The van der Waals surface area contributed by atoms with Crippen molar-refractivity contribution in [1.29, 1.82) is 0 Å². The van der Waals surface area contributed by atoms with Crippen LogP contribution >= 0.6 is 0 Å². The Morgan fingerprint density at radius 3 is 2.43 bits per heavy atom. The van der Waals surface area contributed by atoms with E-state index in [9.17, 15) is 9.90 Å². The molecule has 0 spiro atoms. The number of likely N-dealkylation sites (tertiary alicyclic amines) is 1. The van der Waals surface area contributed by atoms with Gasteiger partial charge >= 0.3 is 6.09 Å². The van der Waals surface area contributed by atoms with E-state index in [-0.39, 0.29) is 7.43 Å². The number of rotatable bonds is 2. The Kier molecular flexibility index (Phi) is 6.13. The number of pyridine rings is 1. The van der Waals surface area contributed by atoms with E-state index in [2.05, 4.69) is 15.2 Å². The lowest BCUT2D eigenvalue weighted by atomic mass is 9.85. The molecule has 130 valence electrons. The first-order valence-corrected chi connectivity index (χ1v) is 7.55. The molecule has 0 unspecified atom stereocenters. The zero-order chi connectivity index (χ0) is 16.4. The number of ether oxygens (including phenoxy) is 1. The van der Waals surface area contributed by atoms with Crippen molar-refractivity contribution in [2.45, 2.75) is 52.2 Å². The normalized spacial score (nSPS) is 18.0. The first-order chi connectivity index (χ1) is 10.2. The quantitative estimate of drug-likeness (QED) is 0.875. The standard InChI is InChI=1S/C16H25N3O3.CH4/c1-15(2,3)22-14(20)18-13-6-5-12(11-17-13)16(21)7-9-19(4)10-8-16;/h5-6,11,21H,7-10H2,1-4H3,(H,17,18,20);1H4. The average molecular weight is 323 g/mol. The molecule has 6 heteroatoms. The molecule has 1 fully saturated rings. The molecular formula is C17H29N3O3. The molecule has 6 nitrogen and oxygen atoms in total. The summed E-state index contributed by atoms with van der Waals surface area (Å²) in [6.45, 7) is 7.12. The summed E-state index contributed by atoms with van der Waals surface area (Å²) in [7, 11) is 2.05. The van der Waals surface area contributed by atoms with Gasteiger partial charge in [-0.25, -0.2) is 9.78 Å². The summed E-state index contributed by atoms with van der Waals surface area (Å²) in [4.78, 5) is 18.1. The van der Waals surface area contributed by atoms with Crippen molar-refractivity contribution in [2.75, 3.05) is 25.5 Å². The molecule has 1 aliphatic rings. The van der Waals surface area contributed by atoms with Gasteiger partial charge in [0.1, 0.15) is 11.4 Å². The summed E-state index contributed by atoms with van der Waals surface area (Å²) < 4.78 is 5.17. The molecule has 1 amide bonds. The van der Waals surface area contributed by atoms with E-state index in [1.165, 1.54) is 0 Å². The molecule has 2 N–H and O–H groups in total. The van der Waals surface area contributed by atoms with E-state index in [1.54, 1.807) is 33.0 Å². The SMILES string of the molecule is C.CN1CCC(O)(c2ccc(NC(=O)OC(C)(C)C)nc2)CC1. The van der Waals surface area contributed by atoms with E-state index >= 15 is 0 Å². The highest BCUT2D eigenvalue weighted by Crippen LogP contribution is 2.32. The number of aromatic nitrogens is 1. The molecule has 0 saturated carbocycles. The smallest absolute Gasteiger partial charge is 0.413 e. The lowest BCUT2D eigenvalue weighted by Gasteiger charge is -2.36. The van der Waals surface area contributed by atoms with Crippen molar-refractivity contribution >= 4 is 11.9 Å². The number of hydrogen-bond acceptors (Lipinski definition) is 5. The largest absolute Gasteiger partial charge is 0.444 e. The van der Waals surface area contributed by atoms with Crippen LogP contribution in [0.1, 0.15) is 46.6 Å². The molecule has 0 aromatic carbocycles. The van der Waals surface area contributed by atoms with Gasteiger partial charge in [0.25, 0.3) is 0 Å². The number of nitrogens with zero attached hydrogens (tertiary/aromatic N) is 2. The fourth-order valence-corrected chi connectivity index (χ4v) is 2.43. The minimum Gasteiger partial charge on any atom is -0.444 e. The number of aliphatic hydroxyl groups is 1. The highest BCUT2D eigenvalue weighted by Gasteiger charge is 2.33. The van der Waals surface area contributed by atoms with Crippen molar-refractivity contribution in [2.24, 2.45) is 0 Å².